The Morgan fingerprint density at radius 1 is 1.41 bits per heavy atom. The van der Waals surface area contributed by atoms with Crippen LogP contribution in [0.1, 0.15) is 0 Å². The molecule has 1 rings (SSSR count). The standard InChI is InChI=1S/C6H11NO2S.C2HF3O2/c1-10(8,9)3-2-6-4-7-5-6;3-2(4,5)1(6)7/h2-3,6-7H,4-5H2,1H3;(H,6,7). The third-order valence-corrected chi connectivity index (χ3v) is 2.31. The first-order valence-corrected chi connectivity index (χ1v) is 6.37. The molecule has 9 heteroatoms. The zero-order valence-electron chi connectivity index (χ0n) is 8.86. The largest absolute Gasteiger partial charge is 0.490 e. The number of carbonyl (C=O) groups is 1. The van der Waals surface area contributed by atoms with E-state index in [-0.39, 0.29) is 0 Å². The molecule has 0 bridgehead atoms. The summed E-state index contributed by atoms with van der Waals surface area (Å²) in [4.78, 5) is 8.90. The van der Waals surface area contributed by atoms with Crippen LogP contribution >= 0.6 is 0 Å². The van der Waals surface area contributed by atoms with E-state index in [1.807, 2.05) is 0 Å². The summed E-state index contributed by atoms with van der Waals surface area (Å²) in [6.07, 6.45) is -2.14. The number of carboxylic acid groups (broad SMARTS) is 1. The molecule has 0 radical (unpaired) electrons. The number of aliphatic carboxylic acids is 1. The monoisotopic (exact) mass is 275 g/mol. The SMILES string of the molecule is CS(=O)(=O)C=CC1CNC1.O=C(O)C(F)(F)F. The molecule has 0 unspecified atom stereocenters. The third-order valence-electron chi connectivity index (χ3n) is 1.65. The predicted octanol–water partition coefficient (Wildman–Crippen LogP) is 0.397. The quantitative estimate of drug-likeness (QED) is 0.762. The van der Waals surface area contributed by atoms with Gasteiger partial charge in [0.1, 0.15) is 0 Å². The molecule has 0 aromatic rings. The van der Waals surface area contributed by atoms with Gasteiger partial charge < -0.3 is 10.4 Å². The lowest BCUT2D eigenvalue weighted by Gasteiger charge is -2.23. The van der Waals surface area contributed by atoms with Crippen LogP contribution in [0.5, 0.6) is 0 Å². The number of sulfone groups is 1. The molecule has 1 aliphatic rings. The summed E-state index contributed by atoms with van der Waals surface area (Å²) in [6.45, 7) is 1.82. The molecule has 17 heavy (non-hydrogen) atoms. The Morgan fingerprint density at radius 3 is 2.00 bits per heavy atom. The molecule has 1 fully saturated rings. The highest BCUT2D eigenvalue weighted by Crippen LogP contribution is 2.13. The number of alkyl halides is 3. The summed E-state index contributed by atoms with van der Waals surface area (Å²) in [5, 5.41) is 11.5. The van der Waals surface area contributed by atoms with Crippen LogP contribution in [0.15, 0.2) is 11.5 Å². The minimum atomic E-state index is -5.08. The Balaban J connectivity index is 0.000000325. The maximum absolute atomic E-state index is 10.6. The zero-order valence-corrected chi connectivity index (χ0v) is 9.68. The van der Waals surface area contributed by atoms with Crippen molar-refractivity contribution in [3.63, 3.8) is 0 Å². The second kappa shape index (κ2) is 6.01. The van der Waals surface area contributed by atoms with Gasteiger partial charge >= 0.3 is 12.1 Å². The molecule has 1 heterocycles. The van der Waals surface area contributed by atoms with E-state index in [2.05, 4.69) is 5.32 Å². The van der Waals surface area contributed by atoms with Gasteiger partial charge in [-0.2, -0.15) is 13.2 Å². The van der Waals surface area contributed by atoms with Crippen LogP contribution in [-0.2, 0) is 14.6 Å². The Bertz CT molecular complexity index is 384. The lowest BCUT2D eigenvalue weighted by Crippen LogP contribution is -2.40. The highest BCUT2D eigenvalue weighted by atomic mass is 32.2. The normalized spacial score (nSPS) is 17.2. The average Bonchev–Trinajstić information content (AvgIpc) is 1.97. The number of halogens is 3. The minimum Gasteiger partial charge on any atom is -0.475 e. The van der Waals surface area contributed by atoms with E-state index in [1.165, 1.54) is 11.7 Å². The fourth-order valence-corrected chi connectivity index (χ4v) is 1.21. The maximum Gasteiger partial charge on any atom is 0.490 e. The van der Waals surface area contributed by atoms with Crippen LogP contribution in [0.3, 0.4) is 0 Å². The molecule has 0 aromatic carbocycles. The van der Waals surface area contributed by atoms with Crippen LogP contribution < -0.4 is 5.32 Å². The number of nitrogens with one attached hydrogen (secondary N) is 1. The molecule has 0 aliphatic carbocycles. The Hall–Kier alpha value is -1.09. The first-order chi connectivity index (χ1) is 7.52. The highest BCUT2D eigenvalue weighted by Gasteiger charge is 2.38. The lowest BCUT2D eigenvalue weighted by molar-refractivity contribution is -0.192. The van der Waals surface area contributed by atoms with E-state index < -0.39 is 22.0 Å². The maximum atomic E-state index is 10.6. The summed E-state index contributed by atoms with van der Waals surface area (Å²) in [7, 11) is -2.90. The molecule has 1 aliphatic heterocycles. The third kappa shape index (κ3) is 8.69. The van der Waals surface area contributed by atoms with Crippen molar-refractivity contribution in [1.82, 2.24) is 5.32 Å². The molecule has 0 aromatic heterocycles. The van der Waals surface area contributed by atoms with Gasteiger partial charge in [-0.1, -0.05) is 6.08 Å². The van der Waals surface area contributed by atoms with Crippen molar-refractivity contribution in [3.05, 3.63) is 11.5 Å². The van der Waals surface area contributed by atoms with Crippen LogP contribution in [0.25, 0.3) is 0 Å². The molecule has 2 N–H and O–H groups in total. The zero-order chi connectivity index (χ0) is 13.7. The van der Waals surface area contributed by atoms with Gasteiger partial charge in [0.25, 0.3) is 0 Å². The molecular weight excluding hydrogens is 263 g/mol. The number of hydrogen-bond donors (Lipinski definition) is 2. The van der Waals surface area contributed by atoms with Gasteiger partial charge in [-0.25, -0.2) is 13.2 Å². The summed E-state index contributed by atoms with van der Waals surface area (Å²) in [5.74, 6) is -2.33. The van der Waals surface area contributed by atoms with E-state index in [0.29, 0.717) is 5.92 Å². The molecule has 0 saturated carbocycles. The van der Waals surface area contributed by atoms with E-state index in [4.69, 9.17) is 9.90 Å². The van der Waals surface area contributed by atoms with Crippen LogP contribution in [0.4, 0.5) is 13.2 Å². The first-order valence-electron chi connectivity index (χ1n) is 4.41. The predicted molar refractivity (Wildman–Crippen MR) is 54.0 cm³/mol. The Labute approximate surface area is 96.2 Å². The minimum absolute atomic E-state index is 0.426. The van der Waals surface area contributed by atoms with Crippen molar-refractivity contribution in [1.29, 1.82) is 0 Å². The number of hydrogen-bond acceptors (Lipinski definition) is 4. The average molecular weight is 275 g/mol. The lowest BCUT2D eigenvalue weighted by atomic mass is 10.1. The van der Waals surface area contributed by atoms with Gasteiger partial charge in [0.15, 0.2) is 9.84 Å². The molecule has 0 spiro atoms. The summed E-state index contributed by atoms with van der Waals surface area (Å²) < 4.78 is 52.9. The van der Waals surface area contributed by atoms with Gasteiger partial charge in [-0.05, 0) is 0 Å². The van der Waals surface area contributed by atoms with Gasteiger partial charge in [0.2, 0.25) is 0 Å². The molecule has 5 nitrogen and oxygen atoms in total. The van der Waals surface area contributed by atoms with Gasteiger partial charge in [-0.3, -0.25) is 0 Å². The van der Waals surface area contributed by atoms with E-state index >= 15 is 0 Å². The molecular formula is C8H12F3NO4S. The van der Waals surface area contributed by atoms with Gasteiger partial charge in [0, 0.05) is 30.7 Å². The fourth-order valence-electron chi connectivity index (χ4n) is 0.701. The topological polar surface area (TPSA) is 83.5 Å². The summed E-state index contributed by atoms with van der Waals surface area (Å²) in [5.41, 5.74) is 0. The van der Waals surface area contributed by atoms with E-state index in [9.17, 15) is 21.6 Å². The van der Waals surface area contributed by atoms with Crippen LogP contribution in [-0.4, -0.2) is 45.0 Å². The van der Waals surface area contributed by atoms with Crippen LogP contribution in [0.2, 0.25) is 0 Å². The summed E-state index contributed by atoms with van der Waals surface area (Å²) in [6, 6.07) is 0. The van der Waals surface area contributed by atoms with Gasteiger partial charge in [0.05, 0.1) is 0 Å². The van der Waals surface area contributed by atoms with Crippen molar-refractivity contribution < 1.29 is 31.5 Å². The highest BCUT2D eigenvalue weighted by molar-refractivity contribution is 7.93. The Morgan fingerprint density at radius 2 is 1.82 bits per heavy atom. The number of carboxylic acids is 1. The smallest absolute Gasteiger partial charge is 0.475 e. The molecule has 0 amide bonds. The van der Waals surface area contributed by atoms with Crippen LogP contribution in [0, 0.1) is 5.92 Å². The van der Waals surface area contributed by atoms with Crippen molar-refractivity contribution in [3.8, 4) is 0 Å². The molecule has 0 atom stereocenters. The van der Waals surface area contributed by atoms with E-state index in [1.54, 1.807) is 6.08 Å². The summed E-state index contributed by atoms with van der Waals surface area (Å²) >= 11 is 0. The number of rotatable bonds is 2. The fraction of sp³-hybridized carbons (Fsp3) is 0.625. The Kier molecular flexibility index (Phi) is 5.62. The van der Waals surface area contributed by atoms with Gasteiger partial charge in [-0.15, -0.1) is 0 Å². The van der Waals surface area contributed by atoms with Crippen molar-refractivity contribution in [2.75, 3.05) is 19.3 Å². The second-order valence-corrected chi connectivity index (χ2v) is 5.31. The van der Waals surface area contributed by atoms with Crippen molar-refractivity contribution in [2.24, 2.45) is 5.92 Å². The van der Waals surface area contributed by atoms with Crippen molar-refractivity contribution >= 4 is 15.8 Å². The van der Waals surface area contributed by atoms with Crippen molar-refractivity contribution in [2.45, 2.75) is 6.18 Å². The molecule has 1 saturated heterocycles. The first kappa shape index (κ1) is 15.9. The molecule has 100 valence electrons. The van der Waals surface area contributed by atoms with E-state index in [0.717, 1.165) is 13.1 Å². The second-order valence-electron chi connectivity index (χ2n) is 3.38.